The number of halogens is 1. The molecule has 5 nitrogen and oxygen atoms in total. The highest BCUT2D eigenvalue weighted by Gasteiger charge is 2.29. The summed E-state index contributed by atoms with van der Waals surface area (Å²) in [6.07, 6.45) is 1.34. The molecule has 1 atom stereocenters. The lowest BCUT2D eigenvalue weighted by atomic mass is 10.0. The van der Waals surface area contributed by atoms with Crippen LogP contribution in [0.3, 0.4) is 0 Å². The topological polar surface area (TPSA) is 55.2 Å². The molecule has 0 saturated carbocycles. The molecule has 1 heterocycles. The van der Waals surface area contributed by atoms with Crippen molar-refractivity contribution >= 4 is 16.8 Å². The first-order valence-electron chi connectivity index (χ1n) is 12.5. The van der Waals surface area contributed by atoms with Gasteiger partial charge in [0.25, 0.3) is 11.5 Å². The molecule has 1 aromatic heterocycles. The van der Waals surface area contributed by atoms with Gasteiger partial charge >= 0.3 is 0 Å². The zero-order chi connectivity index (χ0) is 25.8. The SMILES string of the molecule is CCC(c1nc2ccccc2c(=O)n1-c1ccc(C)cc1)N(CCC(C)C)C(=O)c1ccc(F)cc1. The fourth-order valence-corrected chi connectivity index (χ4v) is 4.41. The Morgan fingerprint density at radius 1 is 1.00 bits per heavy atom. The second-order valence-corrected chi connectivity index (χ2v) is 9.58. The van der Waals surface area contributed by atoms with E-state index in [2.05, 4.69) is 13.8 Å². The highest BCUT2D eigenvalue weighted by Crippen LogP contribution is 2.28. The summed E-state index contributed by atoms with van der Waals surface area (Å²) >= 11 is 0. The number of para-hydroxylation sites is 1. The molecular formula is C30H32FN3O2. The van der Waals surface area contributed by atoms with Gasteiger partial charge in [0.15, 0.2) is 0 Å². The largest absolute Gasteiger partial charge is 0.328 e. The van der Waals surface area contributed by atoms with Crippen LogP contribution in [-0.4, -0.2) is 26.9 Å². The lowest BCUT2D eigenvalue weighted by molar-refractivity contribution is 0.0648. The standard InChI is InChI=1S/C30H32FN3O2/c1-5-27(33(19-18-20(2)3)29(35)22-12-14-23(31)15-13-22)28-32-26-9-7-6-8-25(26)30(36)34(28)24-16-10-21(4)11-17-24/h6-17,20,27H,5,18-19H2,1-4H3. The van der Waals surface area contributed by atoms with Gasteiger partial charge in [-0.05, 0) is 74.2 Å². The number of hydrogen-bond donors (Lipinski definition) is 0. The van der Waals surface area contributed by atoms with Crippen LogP contribution in [-0.2, 0) is 0 Å². The maximum Gasteiger partial charge on any atom is 0.266 e. The van der Waals surface area contributed by atoms with Gasteiger partial charge in [-0.15, -0.1) is 0 Å². The molecule has 6 heteroatoms. The van der Waals surface area contributed by atoms with E-state index in [4.69, 9.17) is 4.98 Å². The average Bonchev–Trinajstić information content (AvgIpc) is 2.87. The normalized spacial score (nSPS) is 12.2. The van der Waals surface area contributed by atoms with Gasteiger partial charge in [0.2, 0.25) is 0 Å². The molecule has 0 bridgehead atoms. The molecule has 4 aromatic rings. The van der Waals surface area contributed by atoms with Crippen molar-refractivity contribution in [2.45, 2.75) is 46.6 Å². The second kappa shape index (κ2) is 10.9. The third-order valence-electron chi connectivity index (χ3n) is 6.45. The van der Waals surface area contributed by atoms with E-state index in [1.807, 2.05) is 56.3 Å². The Morgan fingerprint density at radius 3 is 2.31 bits per heavy atom. The Bertz CT molecular complexity index is 1410. The van der Waals surface area contributed by atoms with Gasteiger partial charge in [0, 0.05) is 12.1 Å². The van der Waals surface area contributed by atoms with E-state index in [1.54, 1.807) is 15.5 Å². The molecule has 0 N–H and O–H groups in total. The summed E-state index contributed by atoms with van der Waals surface area (Å²) in [5.74, 6) is 0.288. The molecule has 0 spiro atoms. The van der Waals surface area contributed by atoms with E-state index in [0.29, 0.717) is 46.9 Å². The first-order valence-corrected chi connectivity index (χ1v) is 12.5. The molecule has 1 unspecified atom stereocenters. The Morgan fingerprint density at radius 2 is 1.67 bits per heavy atom. The van der Waals surface area contributed by atoms with Crippen molar-refractivity contribution in [1.29, 1.82) is 0 Å². The fraction of sp³-hybridized carbons (Fsp3) is 0.300. The molecular weight excluding hydrogens is 453 g/mol. The predicted octanol–water partition coefficient (Wildman–Crippen LogP) is 6.47. The summed E-state index contributed by atoms with van der Waals surface area (Å²) in [5.41, 5.74) is 2.62. The van der Waals surface area contributed by atoms with Crippen molar-refractivity contribution < 1.29 is 9.18 Å². The lowest BCUT2D eigenvalue weighted by Gasteiger charge is -2.33. The number of nitrogens with zero attached hydrogens (tertiary/aromatic N) is 3. The van der Waals surface area contributed by atoms with Crippen LogP contribution in [0.15, 0.2) is 77.6 Å². The Hall–Kier alpha value is -3.80. The highest BCUT2D eigenvalue weighted by molar-refractivity contribution is 5.94. The summed E-state index contributed by atoms with van der Waals surface area (Å²) in [4.78, 5) is 34.3. The van der Waals surface area contributed by atoms with E-state index in [9.17, 15) is 14.0 Å². The first kappa shape index (κ1) is 25.3. The van der Waals surface area contributed by atoms with Gasteiger partial charge < -0.3 is 4.90 Å². The van der Waals surface area contributed by atoms with Gasteiger partial charge in [-0.2, -0.15) is 0 Å². The quantitative estimate of drug-likeness (QED) is 0.287. The molecule has 0 saturated heterocycles. The molecule has 4 rings (SSSR count). The molecule has 186 valence electrons. The zero-order valence-electron chi connectivity index (χ0n) is 21.2. The summed E-state index contributed by atoms with van der Waals surface area (Å²) in [6.45, 7) is 8.70. The van der Waals surface area contributed by atoms with Crippen LogP contribution in [0.5, 0.6) is 0 Å². The fourth-order valence-electron chi connectivity index (χ4n) is 4.41. The van der Waals surface area contributed by atoms with Gasteiger partial charge in [-0.25, -0.2) is 9.37 Å². The average molecular weight is 486 g/mol. The van der Waals surface area contributed by atoms with Crippen LogP contribution in [0, 0.1) is 18.7 Å². The van der Waals surface area contributed by atoms with Crippen molar-refractivity contribution in [3.63, 3.8) is 0 Å². The van der Waals surface area contributed by atoms with E-state index < -0.39 is 11.9 Å². The molecule has 0 fully saturated rings. The van der Waals surface area contributed by atoms with Crippen LogP contribution >= 0.6 is 0 Å². The monoisotopic (exact) mass is 485 g/mol. The maximum absolute atomic E-state index is 13.8. The van der Waals surface area contributed by atoms with Gasteiger partial charge in [0.1, 0.15) is 11.6 Å². The van der Waals surface area contributed by atoms with Crippen LogP contribution in [0.1, 0.15) is 61.4 Å². The molecule has 0 aliphatic rings. The van der Waals surface area contributed by atoms with Crippen LogP contribution in [0.4, 0.5) is 4.39 Å². The zero-order valence-corrected chi connectivity index (χ0v) is 21.2. The number of amides is 1. The number of rotatable bonds is 8. The number of hydrogen-bond acceptors (Lipinski definition) is 3. The number of carbonyl (C=O) groups is 1. The summed E-state index contributed by atoms with van der Waals surface area (Å²) in [7, 11) is 0. The smallest absolute Gasteiger partial charge is 0.266 e. The Labute approximate surface area is 211 Å². The van der Waals surface area contributed by atoms with Crippen LogP contribution < -0.4 is 5.56 Å². The Kier molecular flexibility index (Phi) is 7.63. The third kappa shape index (κ3) is 5.23. The second-order valence-electron chi connectivity index (χ2n) is 9.58. The number of carbonyl (C=O) groups excluding carboxylic acids is 1. The third-order valence-corrected chi connectivity index (χ3v) is 6.45. The lowest BCUT2D eigenvalue weighted by Crippen LogP contribution is -2.39. The number of fused-ring (bicyclic) bond motifs is 1. The summed E-state index contributed by atoms with van der Waals surface area (Å²) in [5, 5.41) is 0.523. The van der Waals surface area contributed by atoms with Crippen LogP contribution in [0.25, 0.3) is 16.6 Å². The minimum atomic E-state index is -0.458. The summed E-state index contributed by atoms with van der Waals surface area (Å²) in [6, 6.07) is 20.2. The van der Waals surface area contributed by atoms with E-state index in [-0.39, 0.29) is 11.5 Å². The van der Waals surface area contributed by atoms with Gasteiger partial charge in [-0.3, -0.25) is 14.2 Å². The van der Waals surface area contributed by atoms with E-state index in [1.165, 1.54) is 24.3 Å². The van der Waals surface area contributed by atoms with Crippen molar-refractivity contribution in [3.05, 3.63) is 106 Å². The van der Waals surface area contributed by atoms with E-state index >= 15 is 0 Å². The number of aromatic nitrogens is 2. The molecule has 0 aliphatic heterocycles. The predicted molar refractivity (Wildman–Crippen MR) is 142 cm³/mol. The minimum Gasteiger partial charge on any atom is -0.328 e. The van der Waals surface area contributed by atoms with Gasteiger partial charge in [0.05, 0.1) is 22.6 Å². The van der Waals surface area contributed by atoms with Gasteiger partial charge in [-0.1, -0.05) is 50.6 Å². The molecule has 0 radical (unpaired) electrons. The van der Waals surface area contributed by atoms with Crippen molar-refractivity contribution in [1.82, 2.24) is 14.5 Å². The summed E-state index contributed by atoms with van der Waals surface area (Å²) < 4.78 is 15.2. The molecule has 0 aliphatic carbocycles. The molecule has 36 heavy (non-hydrogen) atoms. The maximum atomic E-state index is 13.8. The number of benzene rings is 3. The first-order chi connectivity index (χ1) is 17.3. The molecule has 3 aromatic carbocycles. The number of aryl methyl sites for hydroxylation is 1. The highest BCUT2D eigenvalue weighted by atomic mass is 19.1. The Balaban J connectivity index is 1.92. The van der Waals surface area contributed by atoms with Crippen molar-refractivity contribution in [3.8, 4) is 5.69 Å². The molecule has 1 amide bonds. The van der Waals surface area contributed by atoms with Crippen LogP contribution in [0.2, 0.25) is 0 Å². The minimum absolute atomic E-state index is 0.170. The van der Waals surface area contributed by atoms with E-state index in [0.717, 1.165) is 12.0 Å². The van der Waals surface area contributed by atoms with Crippen molar-refractivity contribution in [2.24, 2.45) is 5.92 Å². The van der Waals surface area contributed by atoms with Crippen molar-refractivity contribution in [2.75, 3.05) is 6.54 Å².